The van der Waals surface area contributed by atoms with Gasteiger partial charge in [0.15, 0.2) is 0 Å². The van der Waals surface area contributed by atoms with Crippen molar-refractivity contribution in [2.45, 2.75) is 20.1 Å². The average Bonchev–Trinajstić information content (AvgIpc) is 2.67. The molecule has 144 valence electrons. The van der Waals surface area contributed by atoms with E-state index in [2.05, 4.69) is 33.4 Å². The maximum atomic E-state index is 11.2. The zero-order valence-electron chi connectivity index (χ0n) is 15.2. The minimum absolute atomic E-state index is 0.178. The Hall–Kier alpha value is -2.50. The molecule has 0 aliphatic carbocycles. The second kappa shape index (κ2) is 9.13. The van der Waals surface area contributed by atoms with Crippen LogP contribution in [-0.4, -0.2) is 11.1 Å². The van der Waals surface area contributed by atoms with Crippen LogP contribution in [0.4, 0.5) is 5.69 Å². The van der Waals surface area contributed by atoms with Crippen molar-refractivity contribution in [2.75, 3.05) is 5.32 Å². The zero-order chi connectivity index (χ0) is 20.1. The molecule has 0 radical (unpaired) electrons. The van der Waals surface area contributed by atoms with Gasteiger partial charge in [0.25, 0.3) is 0 Å². The SMILES string of the molecule is Cc1ccc(COc2ccc(Br)cc2CNc2cc(C(=O)O)ccc2Cl)cc1. The van der Waals surface area contributed by atoms with Gasteiger partial charge in [-0.2, -0.15) is 0 Å². The summed E-state index contributed by atoms with van der Waals surface area (Å²) in [7, 11) is 0. The van der Waals surface area contributed by atoms with Gasteiger partial charge in [0.1, 0.15) is 12.4 Å². The lowest BCUT2D eigenvalue weighted by molar-refractivity contribution is 0.0697. The maximum absolute atomic E-state index is 11.2. The van der Waals surface area contributed by atoms with Gasteiger partial charge >= 0.3 is 5.97 Å². The largest absolute Gasteiger partial charge is 0.489 e. The molecule has 0 aliphatic heterocycles. The molecule has 0 amide bonds. The van der Waals surface area contributed by atoms with E-state index in [1.807, 2.05) is 37.3 Å². The Morgan fingerprint density at radius 1 is 1.11 bits per heavy atom. The third kappa shape index (κ3) is 5.27. The first-order chi connectivity index (χ1) is 13.4. The van der Waals surface area contributed by atoms with Gasteiger partial charge in [0.2, 0.25) is 0 Å². The summed E-state index contributed by atoms with van der Waals surface area (Å²) in [6.45, 7) is 2.95. The third-order valence-electron chi connectivity index (χ3n) is 4.22. The Morgan fingerprint density at radius 3 is 2.57 bits per heavy atom. The van der Waals surface area contributed by atoms with Crippen molar-refractivity contribution < 1.29 is 14.6 Å². The number of carboxylic acids is 1. The van der Waals surface area contributed by atoms with Crippen LogP contribution in [0.2, 0.25) is 5.02 Å². The molecule has 0 heterocycles. The summed E-state index contributed by atoms with van der Waals surface area (Å²) in [5.41, 5.74) is 3.96. The minimum atomic E-state index is -0.996. The normalized spacial score (nSPS) is 10.5. The smallest absolute Gasteiger partial charge is 0.335 e. The van der Waals surface area contributed by atoms with E-state index in [0.717, 1.165) is 21.3 Å². The highest BCUT2D eigenvalue weighted by atomic mass is 79.9. The van der Waals surface area contributed by atoms with E-state index >= 15 is 0 Å². The Balaban J connectivity index is 1.75. The van der Waals surface area contributed by atoms with E-state index in [0.29, 0.717) is 23.9 Å². The molecule has 0 unspecified atom stereocenters. The highest BCUT2D eigenvalue weighted by molar-refractivity contribution is 9.10. The summed E-state index contributed by atoms with van der Waals surface area (Å²) < 4.78 is 6.94. The first-order valence-electron chi connectivity index (χ1n) is 8.66. The van der Waals surface area contributed by atoms with E-state index in [1.165, 1.54) is 17.7 Å². The monoisotopic (exact) mass is 459 g/mol. The lowest BCUT2D eigenvalue weighted by Gasteiger charge is -2.15. The number of anilines is 1. The van der Waals surface area contributed by atoms with Gasteiger partial charge in [-0.05, 0) is 48.9 Å². The van der Waals surface area contributed by atoms with Crippen LogP contribution in [0.1, 0.15) is 27.0 Å². The number of halogens is 2. The molecule has 0 aromatic heterocycles. The molecule has 0 bridgehead atoms. The number of aromatic carboxylic acids is 1. The number of nitrogens with one attached hydrogen (secondary N) is 1. The highest BCUT2D eigenvalue weighted by Gasteiger charge is 2.10. The van der Waals surface area contributed by atoms with Crippen molar-refractivity contribution in [2.24, 2.45) is 0 Å². The minimum Gasteiger partial charge on any atom is -0.489 e. The predicted molar refractivity (Wildman–Crippen MR) is 115 cm³/mol. The molecule has 4 nitrogen and oxygen atoms in total. The van der Waals surface area contributed by atoms with Crippen LogP contribution < -0.4 is 10.1 Å². The van der Waals surface area contributed by atoms with E-state index < -0.39 is 5.97 Å². The number of hydrogen-bond donors (Lipinski definition) is 2. The lowest BCUT2D eigenvalue weighted by atomic mass is 10.1. The van der Waals surface area contributed by atoms with Gasteiger partial charge < -0.3 is 15.2 Å². The number of rotatable bonds is 7. The summed E-state index contributed by atoms with van der Waals surface area (Å²) in [5, 5.41) is 12.8. The average molecular weight is 461 g/mol. The summed E-state index contributed by atoms with van der Waals surface area (Å²) >= 11 is 9.68. The van der Waals surface area contributed by atoms with Gasteiger partial charge in [-0.3, -0.25) is 0 Å². The number of benzene rings is 3. The molecule has 3 aromatic rings. The molecule has 0 saturated carbocycles. The number of ether oxygens (including phenoxy) is 1. The highest BCUT2D eigenvalue weighted by Crippen LogP contribution is 2.28. The summed E-state index contributed by atoms with van der Waals surface area (Å²) in [6, 6.07) is 18.6. The van der Waals surface area contributed by atoms with E-state index in [9.17, 15) is 4.79 Å². The van der Waals surface area contributed by atoms with Gasteiger partial charge in [0, 0.05) is 16.6 Å². The molecule has 2 N–H and O–H groups in total. The molecule has 0 spiro atoms. The Kier molecular flexibility index (Phi) is 6.60. The van der Waals surface area contributed by atoms with Gasteiger partial charge in [0.05, 0.1) is 16.3 Å². The molecule has 6 heteroatoms. The van der Waals surface area contributed by atoms with Crippen LogP contribution in [-0.2, 0) is 13.2 Å². The fourth-order valence-electron chi connectivity index (χ4n) is 2.66. The molecule has 0 aliphatic rings. The quantitative estimate of drug-likeness (QED) is 0.434. The Bertz CT molecular complexity index is 990. The van der Waals surface area contributed by atoms with Crippen molar-refractivity contribution in [3.05, 3.63) is 92.4 Å². The predicted octanol–water partition coefficient (Wildman–Crippen LogP) is 6.30. The van der Waals surface area contributed by atoms with Crippen molar-refractivity contribution in [3.63, 3.8) is 0 Å². The third-order valence-corrected chi connectivity index (χ3v) is 5.04. The molecule has 3 rings (SSSR count). The molecule has 0 atom stereocenters. The summed E-state index contributed by atoms with van der Waals surface area (Å²) in [6.07, 6.45) is 0. The number of hydrogen-bond acceptors (Lipinski definition) is 3. The van der Waals surface area contributed by atoms with Crippen LogP contribution in [0.5, 0.6) is 5.75 Å². The second-order valence-electron chi connectivity index (χ2n) is 6.38. The van der Waals surface area contributed by atoms with Gasteiger partial charge in [-0.25, -0.2) is 4.79 Å². The number of carbonyl (C=O) groups is 1. The topological polar surface area (TPSA) is 58.6 Å². The Morgan fingerprint density at radius 2 is 1.86 bits per heavy atom. The molecule has 0 saturated heterocycles. The Labute approximate surface area is 177 Å². The first-order valence-corrected chi connectivity index (χ1v) is 9.83. The lowest BCUT2D eigenvalue weighted by Crippen LogP contribution is -2.05. The molecule has 28 heavy (non-hydrogen) atoms. The van der Waals surface area contributed by atoms with Crippen LogP contribution in [0.15, 0.2) is 65.1 Å². The van der Waals surface area contributed by atoms with Crippen molar-refractivity contribution in [1.29, 1.82) is 0 Å². The van der Waals surface area contributed by atoms with Crippen LogP contribution in [0.3, 0.4) is 0 Å². The molecule has 0 fully saturated rings. The van der Waals surface area contributed by atoms with Crippen LogP contribution >= 0.6 is 27.5 Å². The van der Waals surface area contributed by atoms with Gasteiger partial charge in [-0.1, -0.05) is 57.4 Å². The fraction of sp³-hybridized carbons (Fsp3) is 0.136. The summed E-state index contributed by atoms with van der Waals surface area (Å²) in [5.74, 6) is -0.244. The number of carboxylic acid groups (broad SMARTS) is 1. The summed E-state index contributed by atoms with van der Waals surface area (Å²) in [4.78, 5) is 11.2. The molecule has 3 aromatic carbocycles. The maximum Gasteiger partial charge on any atom is 0.335 e. The van der Waals surface area contributed by atoms with E-state index in [1.54, 1.807) is 6.07 Å². The van der Waals surface area contributed by atoms with E-state index in [4.69, 9.17) is 21.4 Å². The van der Waals surface area contributed by atoms with Crippen molar-refractivity contribution in [3.8, 4) is 5.75 Å². The molecular formula is C22H19BrClNO3. The first kappa shape index (κ1) is 20.2. The standard InChI is InChI=1S/C22H19BrClNO3/c1-14-2-4-15(5-3-14)13-28-21-9-7-18(23)10-17(21)12-25-20-11-16(22(26)27)6-8-19(20)24/h2-11,25H,12-13H2,1H3,(H,26,27). The van der Waals surface area contributed by atoms with Crippen LogP contribution in [0.25, 0.3) is 0 Å². The second-order valence-corrected chi connectivity index (χ2v) is 7.70. The zero-order valence-corrected chi connectivity index (χ0v) is 17.5. The van der Waals surface area contributed by atoms with E-state index in [-0.39, 0.29) is 5.56 Å². The fourth-order valence-corrected chi connectivity index (χ4v) is 3.25. The van der Waals surface area contributed by atoms with Crippen molar-refractivity contribution in [1.82, 2.24) is 0 Å². The number of aryl methyl sites for hydroxylation is 1. The van der Waals surface area contributed by atoms with Crippen molar-refractivity contribution >= 4 is 39.2 Å². The van der Waals surface area contributed by atoms with Gasteiger partial charge in [-0.15, -0.1) is 0 Å². The molecular weight excluding hydrogens is 442 g/mol. The van der Waals surface area contributed by atoms with Crippen LogP contribution in [0, 0.1) is 6.92 Å².